The zero-order valence-corrected chi connectivity index (χ0v) is 17.1. The van der Waals surface area contributed by atoms with E-state index in [0.29, 0.717) is 33.1 Å². The Bertz CT molecular complexity index is 977. The molecule has 0 aliphatic carbocycles. The molecule has 0 bridgehead atoms. The molecular weight excluding hydrogens is 415 g/mol. The molecule has 0 radical (unpaired) electrons. The highest BCUT2D eigenvalue weighted by atomic mass is 35.5. The minimum absolute atomic E-state index is 0.0449. The molecule has 10 heteroatoms. The van der Waals surface area contributed by atoms with Crippen molar-refractivity contribution < 1.29 is 9.59 Å². The highest BCUT2D eigenvalue weighted by Gasteiger charge is 2.35. The van der Waals surface area contributed by atoms with Crippen LogP contribution in [0.4, 0.5) is 23.3 Å². The fraction of sp³-hybridized carbons (Fsp3) is 0.368. The van der Waals surface area contributed by atoms with E-state index < -0.39 is 5.92 Å². The zero-order valence-electron chi connectivity index (χ0n) is 15.5. The number of carbonyl (C=O) groups is 2. The van der Waals surface area contributed by atoms with Gasteiger partial charge in [0, 0.05) is 25.2 Å². The first-order chi connectivity index (χ1) is 13.9. The Morgan fingerprint density at radius 3 is 2.66 bits per heavy atom. The van der Waals surface area contributed by atoms with Gasteiger partial charge in [-0.2, -0.15) is 9.97 Å². The van der Waals surface area contributed by atoms with Crippen LogP contribution in [0.1, 0.15) is 37.2 Å². The molecule has 1 aromatic heterocycles. The van der Waals surface area contributed by atoms with Gasteiger partial charge in [-0.1, -0.05) is 23.2 Å². The van der Waals surface area contributed by atoms with E-state index in [1.54, 1.807) is 18.2 Å². The molecule has 2 amide bonds. The number of carbonyl (C=O) groups excluding carboxylic acids is 2. The molecule has 152 valence electrons. The standard InChI is InChI=1S/C19H20Cl2N6O2/c20-12-5-4-10(8-13(12)21)23-18(29)11-9-14(28)24-17-15(11)16(22)25-19(26-17)27-6-2-1-3-7-27/h4-5,8,11H,1-3,6-7,9H2,(H,23,29)(H3,22,24,25,26,28). The first-order valence-corrected chi connectivity index (χ1v) is 10.2. The van der Waals surface area contributed by atoms with Crippen LogP contribution in [0.3, 0.4) is 0 Å². The Kier molecular flexibility index (Phi) is 5.47. The lowest BCUT2D eigenvalue weighted by Crippen LogP contribution is -2.35. The van der Waals surface area contributed by atoms with Crippen molar-refractivity contribution in [1.82, 2.24) is 9.97 Å². The maximum Gasteiger partial charge on any atom is 0.232 e. The lowest BCUT2D eigenvalue weighted by Gasteiger charge is -2.30. The van der Waals surface area contributed by atoms with Crippen molar-refractivity contribution in [3.05, 3.63) is 33.8 Å². The third kappa shape index (κ3) is 4.09. The second-order valence-electron chi connectivity index (χ2n) is 7.14. The summed E-state index contributed by atoms with van der Waals surface area (Å²) in [5.41, 5.74) is 7.12. The lowest BCUT2D eigenvalue weighted by molar-refractivity contribution is -0.123. The van der Waals surface area contributed by atoms with E-state index in [1.165, 1.54) is 6.42 Å². The fourth-order valence-corrected chi connectivity index (χ4v) is 3.94. The molecule has 4 rings (SSSR count). The summed E-state index contributed by atoms with van der Waals surface area (Å²) in [6.07, 6.45) is 3.24. The van der Waals surface area contributed by atoms with Crippen molar-refractivity contribution in [2.75, 3.05) is 34.4 Å². The van der Waals surface area contributed by atoms with Crippen molar-refractivity contribution in [1.29, 1.82) is 0 Å². The van der Waals surface area contributed by atoms with Gasteiger partial charge in [0.1, 0.15) is 11.6 Å². The number of nitrogen functional groups attached to an aromatic ring is 1. The number of halogens is 2. The number of nitrogens with one attached hydrogen (secondary N) is 2. The maximum absolute atomic E-state index is 12.9. The van der Waals surface area contributed by atoms with Crippen LogP contribution in [0, 0.1) is 0 Å². The average molecular weight is 435 g/mol. The highest BCUT2D eigenvalue weighted by Crippen LogP contribution is 2.37. The average Bonchev–Trinajstić information content (AvgIpc) is 2.70. The number of anilines is 4. The molecule has 2 aliphatic rings. The molecule has 4 N–H and O–H groups in total. The summed E-state index contributed by atoms with van der Waals surface area (Å²) < 4.78 is 0. The topological polar surface area (TPSA) is 113 Å². The number of benzene rings is 1. The van der Waals surface area contributed by atoms with Crippen LogP contribution in [-0.2, 0) is 9.59 Å². The van der Waals surface area contributed by atoms with Gasteiger partial charge in [-0.25, -0.2) is 0 Å². The van der Waals surface area contributed by atoms with E-state index in [4.69, 9.17) is 28.9 Å². The largest absolute Gasteiger partial charge is 0.383 e. The molecule has 1 aromatic carbocycles. The molecule has 0 spiro atoms. The zero-order chi connectivity index (χ0) is 20.5. The molecule has 29 heavy (non-hydrogen) atoms. The number of amides is 2. The third-order valence-electron chi connectivity index (χ3n) is 5.10. The van der Waals surface area contributed by atoms with E-state index in [2.05, 4.69) is 20.6 Å². The molecule has 2 aromatic rings. The summed E-state index contributed by atoms with van der Waals surface area (Å²) in [7, 11) is 0. The number of hydrogen-bond acceptors (Lipinski definition) is 6. The number of nitrogens with two attached hydrogens (primary N) is 1. The van der Waals surface area contributed by atoms with E-state index in [0.717, 1.165) is 25.9 Å². The molecule has 1 unspecified atom stereocenters. The maximum atomic E-state index is 12.9. The molecule has 1 saturated heterocycles. The van der Waals surface area contributed by atoms with Crippen molar-refractivity contribution >= 4 is 58.3 Å². The Balaban J connectivity index is 1.63. The van der Waals surface area contributed by atoms with Gasteiger partial charge in [0.25, 0.3) is 0 Å². The number of nitrogens with zero attached hydrogens (tertiary/aromatic N) is 3. The normalized spacial score (nSPS) is 18.8. The number of piperidine rings is 1. The minimum atomic E-state index is -0.802. The second kappa shape index (κ2) is 8.04. The van der Waals surface area contributed by atoms with Crippen molar-refractivity contribution in [2.24, 2.45) is 0 Å². The summed E-state index contributed by atoms with van der Waals surface area (Å²) in [5, 5.41) is 6.20. The van der Waals surface area contributed by atoms with Crippen LogP contribution >= 0.6 is 23.2 Å². The van der Waals surface area contributed by atoms with Gasteiger partial charge >= 0.3 is 0 Å². The van der Waals surface area contributed by atoms with Crippen molar-refractivity contribution in [3.63, 3.8) is 0 Å². The Morgan fingerprint density at radius 1 is 1.17 bits per heavy atom. The van der Waals surface area contributed by atoms with Gasteiger partial charge in [-0.3, -0.25) is 9.59 Å². The minimum Gasteiger partial charge on any atom is -0.383 e. The van der Waals surface area contributed by atoms with E-state index in [1.807, 2.05) is 4.90 Å². The summed E-state index contributed by atoms with van der Waals surface area (Å²) in [6, 6.07) is 4.77. The summed E-state index contributed by atoms with van der Waals surface area (Å²) in [4.78, 5) is 36.1. The van der Waals surface area contributed by atoms with Gasteiger partial charge in [0.05, 0.1) is 21.5 Å². The van der Waals surface area contributed by atoms with Crippen LogP contribution in [-0.4, -0.2) is 34.9 Å². The van der Waals surface area contributed by atoms with Crippen LogP contribution in [0.5, 0.6) is 0 Å². The van der Waals surface area contributed by atoms with Gasteiger partial charge in [-0.15, -0.1) is 0 Å². The predicted octanol–water partition coefficient (Wildman–Crippen LogP) is 3.42. The molecule has 2 aliphatic heterocycles. The smallest absolute Gasteiger partial charge is 0.232 e. The number of aromatic nitrogens is 2. The number of hydrogen-bond donors (Lipinski definition) is 3. The summed E-state index contributed by atoms with van der Waals surface area (Å²) in [5.74, 6) is -0.515. The van der Waals surface area contributed by atoms with E-state index in [-0.39, 0.29) is 24.1 Å². The molecule has 1 atom stereocenters. The molecule has 8 nitrogen and oxygen atoms in total. The highest BCUT2D eigenvalue weighted by molar-refractivity contribution is 6.42. The first kappa shape index (κ1) is 19.7. The second-order valence-corrected chi connectivity index (χ2v) is 7.96. The van der Waals surface area contributed by atoms with Crippen LogP contribution in [0.15, 0.2) is 18.2 Å². The van der Waals surface area contributed by atoms with Gasteiger partial charge in [0.2, 0.25) is 17.8 Å². The molecule has 3 heterocycles. The molecule has 0 saturated carbocycles. The van der Waals surface area contributed by atoms with E-state index in [9.17, 15) is 9.59 Å². The monoisotopic (exact) mass is 434 g/mol. The first-order valence-electron chi connectivity index (χ1n) is 9.40. The van der Waals surface area contributed by atoms with Crippen LogP contribution < -0.4 is 21.3 Å². The SMILES string of the molecule is Nc1nc(N2CCCCC2)nc2c1C(C(=O)Nc1ccc(Cl)c(Cl)c1)CC(=O)N2. The predicted molar refractivity (Wildman–Crippen MR) is 114 cm³/mol. The van der Waals surface area contributed by atoms with Crippen molar-refractivity contribution in [3.8, 4) is 0 Å². The van der Waals surface area contributed by atoms with Gasteiger partial charge in [-0.05, 0) is 37.5 Å². The Labute approximate surface area is 177 Å². The van der Waals surface area contributed by atoms with Gasteiger partial charge in [0.15, 0.2) is 0 Å². The molecular formula is C19H20Cl2N6O2. The summed E-state index contributed by atoms with van der Waals surface area (Å²) in [6.45, 7) is 1.68. The van der Waals surface area contributed by atoms with Crippen LogP contribution in [0.25, 0.3) is 0 Å². The van der Waals surface area contributed by atoms with Gasteiger partial charge < -0.3 is 21.3 Å². The molecule has 1 fully saturated rings. The third-order valence-corrected chi connectivity index (χ3v) is 5.84. The van der Waals surface area contributed by atoms with Crippen molar-refractivity contribution in [2.45, 2.75) is 31.6 Å². The quantitative estimate of drug-likeness (QED) is 0.681. The lowest BCUT2D eigenvalue weighted by atomic mass is 9.92. The number of fused-ring (bicyclic) bond motifs is 1. The Hall–Kier alpha value is -2.58. The summed E-state index contributed by atoms with van der Waals surface area (Å²) >= 11 is 11.9. The van der Waals surface area contributed by atoms with E-state index >= 15 is 0 Å². The Morgan fingerprint density at radius 2 is 1.93 bits per heavy atom. The number of rotatable bonds is 3. The fourth-order valence-electron chi connectivity index (χ4n) is 3.65. The van der Waals surface area contributed by atoms with Crippen LogP contribution in [0.2, 0.25) is 10.0 Å².